The summed E-state index contributed by atoms with van der Waals surface area (Å²) >= 11 is -1.72. The molecule has 0 spiro atoms. The average molecular weight is 992 g/mol. The highest BCUT2D eigenvalue weighted by atomic mass is 35.8. The van der Waals surface area contributed by atoms with E-state index in [-0.39, 0.29) is 13.2 Å². The van der Waals surface area contributed by atoms with Crippen LogP contribution < -0.4 is 23.7 Å². The van der Waals surface area contributed by atoms with Crippen LogP contribution in [0.4, 0.5) is 0 Å². The number of phenols is 1. The molecular formula is C54H50AlCl3O10. The Kier molecular flexibility index (Phi) is 21.7. The zero-order valence-corrected chi connectivity index (χ0v) is 40.1. The Labute approximate surface area is 413 Å². The van der Waals surface area contributed by atoms with E-state index in [2.05, 4.69) is 20.1 Å². The largest absolute Gasteiger partial charge is 0.643 e. The Hall–Kier alpha value is -6.58. The number of benzene rings is 7. The van der Waals surface area contributed by atoms with Crippen molar-refractivity contribution >= 4 is 87.0 Å². The van der Waals surface area contributed by atoms with Gasteiger partial charge in [-0.25, -0.2) is 49.3 Å². The maximum atomic E-state index is 12.9. The quantitative estimate of drug-likeness (QED) is 0.0458. The molecule has 0 saturated carbocycles. The van der Waals surface area contributed by atoms with E-state index in [1.54, 1.807) is 91.0 Å². The molecule has 0 radical (unpaired) electrons. The van der Waals surface area contributed by atoms with E-state index in [9.17, 15) is 24.3 Å². The lowest BCUT2D eigenvalue weighted by atomic mass is 10.1. The molecule has 0 atom stereocenters. The van der Waals surface area contributed by atoms with E-state index in [4.69, 9.17) is 53.8 Å². The summed E-state index contributed by atoms with van der Waals surface area (Å²) in [5.74, 6) is 0.680. The number of ether oxygens (including phenoxy) is 5. The number of carbonyl (C=O) groups excluding carboxylic acids is 4. The summed E-state index contributed by atoms with van der Waals surface area (Å²) in [4.78, 5) is 48.2. The van der Waals surface area contributed by atoms with Gasteiger partial charge in [0.05, 0.1) is 11.1 Å². The first kappa shape index (κ1) is 54.0. The van der Waals surface area contributed by atoms with E-state index in [0.29, 0.717) is 47.2 Å². The minimum Gasteiger partial charge on any atom is -0.508 e. The van der Waals surface area contributed by atoms with Crippen molar-refractivity contribution in [3.63, 3.8) is 0 Å². The van der Waals surface area contributed by atoms with Gasteiger partial charge in [0.25, 0.3) is 0 Å². The highest BCUT2D eigenvalue weighted by Crippen LogP contribution is 2.30. The predicted molar refractivity (Wildman–Crippen MR) is 273 cm³/mol. The lowest BCUT2D eigenvalue weighted by Gasteiger charge is -2.13. The Morgan fingerprint density at radius 2 is 0.971 bits per heavy atom. The van der Waals surface area contributed by atoms with Gasteiger partial charge in [-0.3, -0.25) is 0 Å². The topological polar surface area (TPSA) is 135 Å². The van der Waals surface area contributed by atoms with Gasteiger partial charge in [-0.05, 0) is 136 Å². The molecule has 1 N–H and O–H groups in total. The standard InChI is InChI=1S/C30H26O5.C23H20O5.CH4.Al.3ClH/c1-3-8-24-19-26(33-20-21-9-6-5-7-10-21)15-16-28(24)35-30(32)25-12-11-23-18-27(34-29(31)4-2)14-13-22(23)17-25;1-3-5-17-13-19(24)9-11-21(17)28-23(26)18-7-6-16-14-20(27-22(25)4-2)10-8-15(16)12-18;;;;;/h4-7,9-19H,2-3,8,20H2,1H3;4,6-14,24H,2-3,5H2,1H3;1H4;;3*1H/q;;;+3;;;/p-3. The molecule has 0 bridgehead atoms. The van der Waals surface area contributed by atoms with Crippen LogP contribution in [0.15, 0.2) is 165 Å². The molecule has 0 saturated heterocycles. The molecule has 68 heavy (non-hydrogen) atoms. The molecule has 7 rings (SSSR count). The number of hydrogen-bond donors (Lipinski definition) is 1. The van der Waals surface area contributed by atoms with Gasteiger partial charge in [0.2, 0.25) is 0 Å². The summed E-state index contributed by atoms with van der Waals surface area (Å²) in [7, 11) is 14.8. The van der Waals surface area contributed by atoms with Crippen molar-refractivity contribution in [3.8, 4) is 34.5 Å². The highest BCUT2D eigenvalue weighted by molar-refractivity contribution is 7.54. The van der Waals surface area contributed by atoms with E-state index >= 15 is 0 Å². The van der Waals surface area contributed by atoms with Crippen LogP contribution in [0, 0.1) is 0 Å². The molecule has 14 heteroatoms. The van der Waals surface area contributed by atoms with E-state index in [1.165, 1.54) is 6.07 Å². The maximum Gasteiger partial charge on any atom is 0.643 e. The molecule has 7 aromatic rings. The van der Waals surface area contributed by atoms with Gasteiger partial charge in [0, 0.05) is 12.2 Å². The first-order valence-electron chi connectivity index (χ1n) is 21.0. The minimum absolute atomic E-state index is 0. The summed E-state index contributed by atoms with van der Waals surface area (Å²) in [5.41, 5.74) is 3.62. The third kappa shape index (κ3) is 16.6. The number of carbonyl (C=O) groups is 4. The second kappa shape index (κ2) is 27.3. The zero-order chi connectivity index (χ0) is 48.3. The number of hydrogen-bond acceptors (Lipinski definition) is 10. The Morgan fingerprint density at radius 3 is 1.44 bits per heavy atom. The van der Waals surface area contributed by atoms with Gasteiger partial charge in [-0.1, -0.05) is 102 Å². The van der Waals surface area contributed by atoms with Gasteiger partial charge >= 0.3 is 35.3 Å². The molecule has 0 heterocycles. The average Bonchev–Trinajstić information content (AvgIpc) is 3.32. The van der Waals surface area contributed by atoms with Crippen molar-refractivity contribution in [1.29, 1.82) is 0 Å². The minimum atomic E-state index is -1.72. The van der Waals surface area contributed by atoms with Crippen LogP contribution in [0.25, 0.3) is 21.5 Å². The number of esters is 4. The summed E-state index contributed by atoms with van der Waals surface area (Å²) in [6.07, 6.45) is 5.43. The molecule has 0 aromatic heterocycles. The molecular weight excluding hydrogens is 942 g/mol. The van der Waals surface area contributed by atoms with Crippen LogP contribution in [0.3, 0.4) is 0 Å². The number of aryl methyl sites for hydroxylation is 2. The molecule has 0 aliphatic carbocycles. The van der Waals surface area contributed by atoms with E-state index < -0.39 is 35.3 Å². The highest BCUT2D eigenvalue weighted by Gasteiger charge is 2.16. The molecule has 350 valence electrons. The van der Waals surface area contributed by atoms with Gasteiger partial charge in [0.1, 0.15) is 41.1 Å². The third-order valence-electron chi connectivity index (χ3n) is 9.63. The van der Waals surface area contributed by atoms with Crippen molar-refractivity contribution in [1.82, 2.24) is 0 Å². The number of aromatic hydroxyl groups is 1. The third-order valence-corrected chi connectivity index (χ3v) is 9.63. The molecule has 0 unspecified atom stereocenters. The first-order chi connectivity index (χ1) is 32.3. The maximum absolute atomic E-state index is 12.9. The molecule has 0 aliphatic rings. The van der Waals surface area contributed by atoms with Crippen molar-refractivity contribution in [3.05, 3.63) is 193 Å². The first-order valence-corrected chi connectivity index (χ1v) is 26.3. The Bertz CT molecular complexity index is 2860. The molecule has 0 amide bonds. The van der Waals surface area contributed by atoms with Gasteiger partial charge < -0.3 is 28.8 Å². The fraction of sp³-hybridized carbons (Fsp3) is 0.148. The fourth-order valence-electron chi connectivity index (χ4n) is 6.54. The summed E-state index contributed by atoms with van der Waals surface area (Å²) in [5, 5.41) is 12.9. The van der Waals surface area contributed by atoms with Gasteiger partial charge in [0.15, 0.2) is 0 Å². The second-order valence-electron chi connectivity index (χ2n) is 14.6. The molecule has 0 fully saturated rings. The lowest BCUT2D eigenvalue weighted by Crippen LogP contribution is -2.10. The molecule has 0 aliphatic heterocycles. The monoisotopic (exact) mass is 990 g/mol. The van der Waals surface area contributed by atoms with Crippen molar-refractivity contribution in [2.24, 2.45) is 0 Å². The van der Waals surface area contributed by atoms with Crippen LogP contribution in [-0.4, -0.2) is 40.4 Å². The summed E-state index contributed by atoms with van der Waals surface area (Å²) < 4.78 is 27.5. The van der Waals surface area contributed by atoms with Crippen molar-refractivity contribution < 1.29 is 48.0 Å². The SMILES string of the molecule is C.C=CC(=O)Oc1ccc2cc(C(=O)Oc3ccc(O)cc3CCC)ccc2c1.C=CC(=O)Oc1ccc2cc(C(=O)Oc3ccc(OCc4ccccc4)cc3CCC)ccc2c1.[Cl][Al]([Cl])[Cl]. The summed E-state index contributed by atoms with van der Waals surface area (Å²) in [6.45, 7) is 11.3. The lowest BCUT2D eigenvalue weighted by molar-refractivity contribution is -0.129. The zero-order valence-electron chi connectivity index (χ0n) is 36.7. The van der Waals surface area contributed by atoms with Crippen LogP contribution in [0.5, 0.6) is 34.5 Å². The van der Waals surface area contributed by atoms with Gasteiger partial charge in [-0.15, -0.1) is 0 Å². The second-order valence-corrected chi connectivity index (χ2v) is 21.0. The smallest absolute Gasteiger partial charge is 0.508 e. The number of rotatable bonds is 15. The molecule has 7 aromatic carbocycles. The number of fused-ring (bicyclic) bond motifs is 2. The fourth-order valence-corrected chi connectivity index (χ4v) is 6.54. The Balaban J connectivity index is 0.000000277. The van der Waals surface area contributed by atoms with E-state index in [1.807, 2.05) is 49.4 Å². The molecule has 10 nitrogen and oxygen atoms in total. The van der Waals surface area contributed by atoms with Crippen molar-refractivity contribution in [2.75, 3.05) is 0 Å². The van der Waals surface area contributed by atoms with Crippen molar-refractivity contribution in [2.45, 2.75) is 53.6 Å². The van der Waals surface area contributed by atoms with Crippen LogP contribution >= 0.6 is 30.1 Å². The van der Waals surface area contributed by atoms with E-state index in [0.717, 1.165) is 75.4 Å². The number of phenolic OH excluding ortho intramolecular Hbond substituents is 1. The van der Waals surface area contributed by atoms with Gasteiger partial charge in [-0.2, -0.15) is 0 Å². The van der Waals surface area contributed by atoms with Crippen LogP contribution in [0.2, 0.25) is 0 Å². The summed E-state index contributed by atoms with van der Waals surface area (Å²) in [6, 6.07) is 40.9. The normalized spacial score (nSPS) is 10.1. The predicted octanol–water partition coefficient (Wildman–Crippen LogP) is 13.8. The van der Waals surface area contributed by atoms with Crippen LogP contribution in [-0.2, 0) is 29.0 Å². The van der Waals surface area contributed by atoms with Crippen LogP contribution in [0.1, 0.15) is 71.5 Å². The number of halogens is 3. The Morgan fingerprint density at radius 1 is 0.544 bits per heavy atom.